The Bertz CT molecular complexity index is 174. The van der Waals surface area contributed by atoms with E-state index in [4.69, 9.17) is 4.74 Å². The molecule has 0 aliphatic carbocycles. The third-order valence-corrected chi connectivity index (χ3v) is 3.64. The van der Waals surface area contributed by atoms with Gasteiger partial charge in [0, 0.05) is 31.8 Å². The lowest BCUT2D eigenvalue weighted by Crippen LogP contribution is -2.47. The van der Waals surface area contributed by atoms with Gasteiger partial charge in [-0.3, -0.25) is 4.90 Å². The van der Waals surface area contributed by atoms with E-state index in [0.717, 1.165) is 25.3 Å². The molecule has 0 bridgehead atoms. The molecule has 1 atom stereocenters. The number of rotatable bonds is 4. The van der Waals surface area contributed by atoms with Crippen LogP contribution < -0.4 is 5.32 Å². The quantitative estimate of drug-likeness (QED) is 0.759. The summed E-state index contributed by atoms with van der Waals surface area (Å²) in [6, 6.07) is 1.57. The van der Waals surface area contributed by atoms with Gasteiger partial charge in [0.2, 0.25) is 0 Å². The normalized spacial score (nSPS) is 28.8. The Hall–Kier alpha value is -0.120. The van der Waals surface area contributed by atoms with E-state index in [0.29, 0.717) is 0 Å². The summed E-state index contributed by atoms with van der Waals surface area (Å²) in [4.78, 5) is 2.74. The van der Waals surface area contributed by atoms with Gasteiger partial charge in [-0.05, 0) is 38.8 Å². The van der Waals surface area contributed by atoms with E-state index >= 15 is 0 Å². The molecule has 0 saturated carbocycles. The zero-order valence-electron chi connectivity index (χ0n) is 9.87. The molecule has 2 saturated heterocycles. The third kappa shape index (κ3) is 2.92. The maximum atomic E-state index is 5.45. The molecule has 2 heterocycles. The Balaban J connectivity index is 1.90. The molecular formula is C12H24N2O. The van der Waals surface area contributed by atoms with Crippen molar-refractivity contribution in [3.8, 4) is 0 Å². The summed E-state index contributed by atoms with van der Waals surface area (Å²) >= 11 is 0. The molecule has 0 aromatic rings. The lowest BCUT2D eigenvalue weighted by molar-refractivity contribution is 0.0198. The topological polar surface area (TPSA) is 24.5 Å². The van der Waals surface area contributed by atoms with E-state index in [1.165, 1.54) is 45.3 Å². The lowest BCUT2D eigenvalue weighted by Gasteiger charge is -2.38. The molecule has 15 heavy (non-hydrogen) atoms. The Morgan fingerprint density at radius 1 is 1.20 bits per heavy atom. The SMILES string of the molecule is CCCN(C1CCOCC1)C1CCNC1. The molecule has 2 fully saturated rings. The fourth-order valence-electron chi connectivity index (χ4n) is 2.86. The fraction of sp³-hybridized carbons (Fsp3) is 1.00. The van der Waals surface area contributed by atoms with Crippen molar-refractivity contribution in [2.45, 2.75) is 44.7 Å². The van der Waals surface area contributed by atoms with Crippen molar-refractivity contribution in [3.63, 3.8) is 0 Å². The molecule has 0 aromatic heterocycles. The van der Waals surface area contributed by atoms with Crippen LogP contribution in [0.25, 0.3) is 0 Å². The summed E-state index contributed by atoms with van der Waals surface area (Å²) in [7, 11) is 0. The average molecular weight is 212 g/mol. The highest BCUT2D eigenvalue weighted by atomic mass is 16.5. The molecule has 0 aromatic carbocycles. The van der Waals surface area contributed by atoms with Crippen molar-refractivity contribution in [3.05, 3.63) is 0 Å². The largest absolute Gasteiger partial charge is 0.381 e. The van der Waals surface area contributed by atoms with Crippen molar-refractivity contribution in [1.29, 1.82) is 0 Å². The summed E-state index contributed by atoms with van der Waals surface area (Å²) in [5, 5.41) is 3.48. The van der Waals surface area contributed by atoms with Gasteiger partial charge in [0.05, 0.1) is 0 Å². The van der Waals surface area contributed by atoms with Crippen LogP contribution in [0.5, 0.6) is 0 Å². The molecule has 0 radical (unpaired) electrons. The number of hydrogen-bond donors (Lipinski definition) is 1. The van der Waals surface area contributed by atoms with E-state index in [9.17, 15) is 0 Å². The van der Waals surface area contributed by atoms with Crippen LogP contribution in [-0.4, -0.2) is 49.8 Å². The zero-order valence-corrected chi connectivity index (χ0v) is 9.87. The molecule has 2 aliphatic heterocycles. The van der Waals surface area contributed by atoms with Gasteiger partial charge in [-0.1, -0.05) is 6.92 Å². The predicted octanol–water partition coefficient (Wildman–Crippen LogP) is 1.24. The van der Waals surface area contributed by atoms with Gasteiger partial charge in [0.25, 0.3) is 0 Å². The van der Waals surface area contributed by atoms with Gasteiger partial charge in [0.1, 0.15) is 0 Å². The minimum Gasteiger partial charge on any atom is -0.381 e. The molecule has 1 N–H and O–H groups in total. The van der Waals surface area contributed by atoms with E-state index < -0.39 is 0 Å². The van der Waals surface area contributed by atoms with Crippen LogP contribution in [0.3, 0.4) is 0 Å². The van der Waals surface area contributed by atoms with Crippen molar-refractivity contribution < 1.29 is 4.74 Å². The molecule has 2 rings (SSSR count). The molecule has 3 nitrogen and oxygen atoms in total. The highest BCUT2D eigenvalue weighted by molar-refractivity contribution is 4.86. The molecule has 2 aliphatic rings. The first-order valence-corrected chi connectivity index (χ1v) is 6.46. The molecule has 3 heteroatoms. The second kappa shape index (κ2) is 5.83. The maximum Gasteiger partial charge on any atom is 0.0480 e. The summed E-state index contributed by atoms with van der Waals surface area (Å²) in [5.74, 6) is 0. The summed E-state index contributed by atoms with van der Waals surface area (Å²) in [6.45, 7) is 7.87. The number of nitrogens with zero attached hydrogens (tertiary/aromatic N) is 1. The minimum atomic E-state index is 0.781. The van der Waals surface area contributed by atoms with E-state index in [1.54, 1.807) is 0 Å². The maximum absolute atomic E-state index is 5.45. The van der Waals surface area contributed by atoms with E-state index in [2.05, 4.69) is 17.1 Å². The minimum absolute atomic E-state index is 0.781. The highest BCUT2D eigenvalue weighted by Crippen LogP contribution is 2.20. The first-order chi connectivity index (χ1) is 7.42. The lowest BCUT2D eigenvalue weighted by atomic mass is 10.0. The van der Waals surface area contributed by atoms with Crippen LogP contribution >= 0.6 is 0 Å². The van der Waals surface area contributed by atoms with Gasteiger partial charge in [-0.2, -0.15) is 0 Å². The summed E-state index contributed by atoms with van der Waals surface area (Å²) in [5.41, 5.74) is 0. The van der Waals surface area contributed by atoms with Gasteiger partial charge in [-0.15, -0.1) is 0 Å². The van der Waals surface area contributed by atoms with Gasteiger partial charge >= 0.3 is 0 Å². The standard InChI is InChI=1S/C12H24N2O/c1-2-7-14(12-3-6-13-10-12)11-4-8-15-9-5-11/h11-13H,2-10H2,1H3. The predicted molar refractivity (Wildman–Crippen MR) is 62.1 cm³/mol. The van der Waals surface area contributed by atoms with Crippen LogP contribution in [0.2, 0.25) is 0 Å². The Morgan fingerprint density at radius 2 is 2.00 bits per heavy atom. The molecule has 0 amide bonds. The van der Waals surface area contributed by atoms with Crippen molar-refractivity contribution >= 4 is 0 Å². The van der Waals surface area contributed by atoms with Crippen molar-refractivity contribution in [1.82, 2.24) is 10.2 Å². The third-order valence-electron chi connectivity index (χ3n) is 3.64. The average Bonchev–Trinajstić information content (AvgIpc) is 2.80. The Labute approximate surface area is 93.2 Å². The number of nitrogens with one attached hydrogen (secondary N) is 1. The van der Waals surface area contributed by atoms with E-state index in [-0.39, 0.29) is 0 Å². The van der Waals surface area contributed by atoms with Crippen LogP contribution in [-0.2, 0) is 4.74 Å². The Morgan fingerprint density at radius 3 is 2.60 bits per heavy atom. The fourth-order valence-corrected chi connectivity index (χ4v) is 2.86. The molecule has 1 unspecified atom stereocenters. The first kappa shape index (κ1) is 11.4. The van der Waals surface area contributed by atoms with E-state index in [1.807, 2.05) is 0 Å². The number of hydrogen-bond acceptors (Lipinski definition) is 3. The highest BCUT2D eigenvalue weighted by Gasteiger charge is 2.28. The molecule has 88 valence electrons. The van der Waals surface area contributed by atoms with Crippen molar-refractivity contribution in [2.24, 2.45) is 0 Å². The Kier molecular flexibility index (Phi) is 4.42. The second-order valence-corrected chi connectivity index (χ2v) is 4.73. The van der Waals surface area contributed by atoms with Crippen LogP contribution in [0, 0.1) is 0 Å². The van der Waals surface area contributed by atoms with Gasteiger partial charge in [0.15, 0.2) is 0 Å². The summed E-state index contributed by atoms with van der Waals surface area (Å²) in [6.07, 6.45) is 5.07. The van der Waals surface area contributed by atoms with Crippen molar-refractivity contribution in [2.75, 3.05) is 32.8 Å². The van der Waals surface area contributed by atoms with Crippen LogP contribution in [0.4, 0.5) is 0 Å². The molecule has 0 spiro atoms. The monoisotopic (exact) mass is 212 g/mol. The first-order valence-electron chi connectivity index (χ1n) is 6.46. The molecular weight excluding hydrogens is 188 g/mol. The van der Waals surface area contributed by atoms with Gasteiger partial charge in [-0.25, -0.2) is 0 Å². The second-order valence-electron chi connectivity index (χ2n) is 4.73. The zero-order chi connectivity index (χ0) is 10.5. The number of ether oxygens (including phenoxy) is 1. The van der Waals surface area contributed by atoms with Crippen LogP contribution in [0.1, 0.15) is 32.6 Å². The van der Waals surface area contributed by atoms with Gasteiger partial charge < -0.3 is 10.1 Å². The smallest absolute Gasteiger partial charge is 0.0480 e. The summed E-state index contributed by atoms with van der Waals surface area (Å²) < 4.78 is 5.45. The van der Waals surface area contributed by atoms with Crippen LogP contribution in [0.15, 0.2) is 0 Å².